The van der Waals surface area contributed by atoms with Crippen molar-refractivity contribution in [2.45, 2.75) is 11.8 Å². The fourth-order valence-corrected chi connectivity index (χ4v) is 3.78. The van der Waals surface area contributed by atoms with Gasteiger partial charge in [0.05, 0.1) is 4.90 Å². The summed E-state index contributed by atoms with van der Waals surface area (Å²) >= 11 is 0. The van der Waals surface area contributed by atoms with Crippen molar-refractivity contribution in [2.75, 3.05) is 13.1 Å². The van der Waals surface area contributed by atoms with Crippen molar-refractivity contribution in [1.29, 1.82) is 0 Å². The third-order valence-corrected chi connectivity index (χ3v) is 5.36. The van der Waals surface area contributed by atoms with E-state index in [1.165, 1.54) is 4.31 Å². The summed E-state index contributed by atoms with van der Waals surface area (Å²) < 4.78 is 26.3. The lowest BCUT2D eigenvalue weighted by Crippen LogP contribution is -2.29. The summed E-state index contributed by atoms with van der Waals surface area (Å²) in [6.45, 7) is 6.12. The van der Waals surface area contributed by atoms with Crippen LogP contribution < -0.4 is 0 Å². The second kappa shape index (κ2) is 5.27. The van der Waals surface area contributed by atoms with E-state index in [4.69, 9.17) is 0 Å². The van der Waals surface area contributed by atoms with E-state index < -0.39 is 10.0 Å². The van der Waals surface area contributed by atoms with Crippen molar-refractivity contribution >= 4 is 16.3 Å². The van der Waals surface area contributed by atoms with Crippen LogP contribution in [0, 0.1) is 18.8 Å². The summed E-state index contributed by atoms with van der Waals surface area (Å²) in [6.07, 6.45) is 2.47. The van der Waals surface area contributed by atoms with Gasteiger partial charge in [-0.05, 0) is 19.1 Å². The molecular formula is C14H17NO3S. The number of hydrogen-bond acceptors (Lipinski definition) is 3. The minimum atomic E-state index is -3.51. The van der Waals surface area contributed by atoms with Crippen LogP contribution in [0.15, 0.2) is 41.8 Å². The molecule has 2 atom stereocenters. The lowest BCUT2D eigenvalue weighted by atomic mass is 9.98. The summed E-state index contributed by atoms with van der Waals surface area (Å²) in [4.78, 5) is 11.2. The zero-order chi connectivity index (χ0) is 14.0. The molecule has 2 rings (SSSR count). The lowest BCUT2D eigenvalue weighted by Gasteiger charge is -2.16. The molecular weight excluding hydrogens is 262 g/mol. The van der Waals surface area contributed by atoms with Gasteiger partial charge in [-0.25, -0.2) is 8.42 Å². The first-order chi connectivity index (χ1) is 8.98. The van der Waals surface area contributed by atoms with Crippen LogP contribution in [-0.2, 0) is 14.8 Å². The minimum absolute atomic E-state index is 0.0993. The number of benzene rings is 1. The van der Waals surface area contributed by atoms with E-state index in [9.17, 15) is 13.2 Å². The molecule has 1 fully saturated rings. The van der Waals surface area contributed by atoms with Crippen molar-refractivity contribution in [1.82, 2.24) is 4.31 Å². The van der Waals surface area contributed by atoms with Gasteiger partial charge in [0.15, 0.2) is 0 Å². The molecule has 0 aromatic heterocycles. The average Bonchev–Trinajstić information content (AvgIpc) is 2.83. The van der Waals surface area contributed by atoms with Crippen LogP contribution in [0.1, 0.15) is 5.56 Å². The Kier molecular flexibility index (Phi) is 3.87. The van der Waals surface area contributed by atoms with Gasteiger partial charge in [0.25, 0.3) is 0 Å². The number of carbonyl (C=O) groups excluding carboxylic acids is 1. The molecule has 0 bridgehead atoms. The molecule has 4 nitrogen and oxygen atoms in total. The standard InChI is InChI=1S/C14H17NO3S/c1-3-12-8-15(9-13(12)10-16)19(17,18)14-6-4-11(2)5-7-14/h3-7,10,12-13H,1,8-9H2,2H3/t12-,13+/m1/s1. The predicted octanol–water partition coefficient (Wildman–Crippen LogP) is 1.62. The van der Waals surface area contributed by atoms with E-state index in [0.717, 1.165) is 11.8 Å². The third kappa shape index (κ3) is 2.62. The Morgan fingerprint density at radius 1 is 1.21 bits per heavy atom. The Labute approximate surface area is 113 Å². The van der Waals surface area contributed by atoms with Crippen molar-refractivity contribution in [2.24, 2.45) is 11.8 Å². The molecule has 0 N–H and O–H groups in total. The van der Waals surface area contributed by atoms with Crippen LogP contribution in [-0.4, -0.2) is 32.1 Å². The number of aryl methyl sites for hydroxylation is 1. The van der Waals surface area contributed by atoms with Crippen LogP contribution in [0.25, 0.3) is 0 Å². The maximum absolute atomic E-state index is 12.4. The highest BCUT2D eigenvalue weighted by Crippen LogP contribution is 2.28. The highest BCUT2D eigenvalue weighted by molar-refractivity contribution is 7.89. The van der Waals surface area contributed by atoms with Gasteiger partial charge in [-0.2, -0.15) is 4.31 Å². The zero-order valence-corrected chi connectivity index (χ0v) is 11.6. The number of hydrogen-bond donors (Lipinski definition) is 0. The summed E-state index contributed by atoms with van der Waals surface area (Å²) in [7, 11) is -3.51. The number of sulfonamides is 1. The minimum Gasteiger partial charge on any atom is -0.303 e. The topological polar surface area (TPSA) is 54.5 Å². The predicted molar refractivity (Wildman–Crippen MR) is 73.2 cm³/mol. The van der Waals surface area contributed by atoms with Gasteiger partial charge in [0, 0.05) is 24.9 Å². The molecule has 0 unspecified atom stereocenters. The Morgan fingerprint density at radius 3 is 2.26 bits per heavy atom. The molecule has 5 heteroatoms. The van der Waals surface area contributed by atoms with E-state index >= 15 is 0 Å². The third-order valence-electron chi connectivity index (χ3n) is 3.52. The van der Waals surface area contributed by atoms with Gasteiger partial charge < -0.3 is 4.79 Å². The van der Waals surface area contributed by atoms with Gasteiger partial charge in [-0.1, -0.05) is 23.8 Å². The fraction of sp³-hybridized carbons (Fsp3) is 0.357. The van der Waals surface area contributed by atoms with E-state index in [1.807, 2.05) is 6.92 Å². The molecule has 1 aliphatic rings. The van der Waals surface area contributed by atoms with E-state index in [1.54, 1.807) is 30.3 Å². The van der Waals surface area contributed by atoms with Gasteiger partial charge in [-0.3, -0.25) is 0 Å². The van der Waals surface area contributed by atoms with Crippen LogP contribution in [0.2, 0.25) is 0 Å². The maximum atomic E-state index is 12.4. The van der Waals surface area contributed by atoms with Crippen LogP contribution in [0.3, 0.4) is 0 Å². The van der Waals surface area contributed by atoms with Gasteiger partial charge >= 0.3 is 0 Å². The number of carbonyl (C=O) groups is 1. The molecule has 0 spiro atoms. The molecule has 0 radical (unpaired) electrons. The molecule has 0 amide bonds. The van der Waals surface area contributed by atoms with E-state index in [-0.39, 0.29) is 23.3 Å². The molecule has 1 aliphatic heterocycles. The molecule has 1 heterocycles. The molecule has 19 heavy (non-hydrogen) atoms. The summed E-state index contributed by atoms with van der Waals surface area (Å²) in [5.74, 6) is -0.393. The first-order valence-electron chi connectivity index (χ1n) is 6.13. The van der Waals surface area contributed by atoms with Crippen molar-refractivity contribution in [3.8, 4) is 0 Å². The maximum Gasteiger partial charge on any atom is 0.243 e. The number of nitrogens with zero attached hydrogens (tertiary/aromatic N) is 1. The van der Waals surface area contributed by atoms with Gasteiger partial charge in [-0.15, -0.1) is 6.58 Å². The Balaban J connectivity index is 2.29. The lowest BCUT2D eigenvalue weighted by molar-refractivity contribution is -0.111. The van der Waals surface area contributed by atoms with E-state index in [2.05, 4.69) is 6.58 Å². The first-order valence-corrected chi connectivity index (χ1v) is 7.57. The van der Waals surface area contributed by atoms with Crippen molar-refractivity contribution < 1.29 is 13.2 Å². The Hall–Kier alpha value is -1.46. The summed E-state index contributed by atoms with van der Waals surface area (Å²) in [6, 6.07) is 6.74. The monoisotopic (exact) mass is 279 g/mol. The molecule has 1 aromatic carbocycles. The van der Waals surface area contributed by atoms with Crippen LogP contribution in [0.4, 0.5) is 0 Å². The largest absolute Gasteiger partial charge is 0.303 e. The smallest absolute Gasteiger partial charge is 0.243 e. The molecule has 0 saturated carbocycles. The van der Waals surface area contributed by atoms with Gasteiger partial charge in [0.2, 0.25) is 10.0 Å². The normalized spacial score (nSPS) is 24.3. The van der Waals surface area contributed by atoms with Gasteiger partial charge in [0.1, 0.15) is 6.29 Å². The molecule has 1 saturated heterocycles. The van der Waals surface area contributed by atoms with Crippen LogP contribution in [0.5, 0.6) is 0 Å². The average molecular weight is 279 g/mol. The molecule has 102 valence electrons. The van der Waals surface area contributed by atoms with Crippen molar-refractivity contribution in [3.63, 3.8) is 0 Å². The second-order valence-electron chi connectivity index (χ2n) is 4.83. The Bertz CT molecular complexity index is 561. The second-order valence-corrected chi connectivity index (χ2v) is 6.77. The number of rotatable bonds is 4. The first kappa shape index (κ1) is 14.0. The SMILES string of the molecule is C=C[C@@H]1CN(S(=O)(=O)c2ccc(C)cc2)C[C@H]1C=O. The van der Waals surface area contributed by atoms with E-state index in [0.29, 0.717) is 6.54 Å². The fourth-order valence-electron chi connectivity index (χ4n) is 2.26. The Morgan fingerprint density at radius 2 is 1.79 bits per heavy atom. The highest BCUT2D eigenvalue weighted by Gasteiger charge is 2.37. The van der Waals surface area contributed by atoms with Crippen molar-refractivity contribution in [3.05, 3.63) is 42.5 Å². The number of aldehydes is 1. The quantitative estimate of drug-likeness (QED) is 0.621. The summed E-state index contributed by atoms with van der Waals surface area (Å²) in [5.41, 5.74) is 1.01. The highest BCUT2D eigenvalue weighted by atomic mass is 32.2. The van der Waals surface area contributed by atoms with Crippen LogP contribution >= 0.6 is 0 Å². The summed E-state index contributed by atoms with van der Waals surface area (Å²) in [5, 5.41) is 0. The zero-order valence-electron chi connectivity index (χ0n) is 10.8. The molecule has 0 aliphatic carbocycles. The molecule has 1 aromatic rings.